The third-order valence-corrected chi connectivity index (χ3v) is 5.47. The van der Waals surface area contributed by atoms with E-state index in [1.807, 2.05) is 23.7 Å². The molecule has 2 nitrogen and oxygen atoms in total. The lowest BCUT2D eigenvalue weighted by Gasteiger charge is -2.04. The molecule has 0 saturated carbocycles. The van der Waals surface area contributed by atoms with Gasteiger partial charge in [0.25, 0.3) is 0 Å². The van der Waals surface area contributed by atoms with E-state index in [-0.39, 0.29) is 0 Å². The van der Waals surface area contributed by atoms with Crippen LogP contribution in [0.4, 0.5) is 0 Å². The number of imidazole rings is 1. The maximum absolute atomic E-state index is 4.26. The molecule has 2 aromatic heterocycles. The van der Waals surface area contributed by atoms with Gasteiger partial charge in [-0.05, 0) is 30.9 Å². The second-order valence-corrected chi connectivity index (χ2v) is 6.43. The first-order valence-corrected chi connectivity index (χ1v) is 7.30. The molecule has 1 N–H and O–H groups in total. The number of alkyl halides is 1. The maximum Gasteiger partial charge on any atom is 0.107 e. The fourth-order valence-corrected chi connectivity index (χ4v) is 4.14. The average molecular weight is 297 g/mol. The Labute approximate surface area is 107 Å². The van der Waals surface area contributed by atoms with E-state index in [1.54, 1.807) is 10.4 Å². The van der Waals surface area contributed by atoms with Crippen LogP contribution >= 0.6 is 27.3 Å². The molecule has 0 bridgehead atoms. The van der Waals surface area contributed by atoms with Gasteiger partial charge in [-0.25, -0.2) is 4.98 Å². The molecule has 84 valence electrons. The van der Waals surface area contributed by atoms with Crippen molar-refractivity contribution in [1.82, 2.24) is 9.97 Å². The summed E-state index contributed by atoms with van der Waals surface area (Å²) in [4.78, 5) is 10.9. The molecule has 4 heteroatoms. The molecule has 1 unspecified atom stereocenters. The molecule has 0 saturated heterocycles. The van der Waals surface area contributed by atoms with Crippen molar-refractivity contribution in [1.29, 1.82) is 0 Å². The Bertz CT molecular complexity index is 454. The molecule has 3 rings (SSSR count). The van der Waals surface area contributed by atoms with Crippen LogP contribution in [-0.4, -0.2) is 9.97 Å². The first-order chi connectivity index (χ1) is 7.83. The van der Waals surface area contributed by atoms with Crippen molar-refractivity contribution in [3.05, 3.63) is 39.6 Å². The summed E-state index contributed by atoms with van der Waals surface area (Å²) in [7, 11) is 0. The summed E-state index contributed by atoms with van der Waals surface area (Å²) in [5, 5.41) is 0. The smallest absolute Gasteiger partial charge is 0.107 e. The molecular weight excluding hydrogens is 284 g/mol. The highest BCUT2D eigenvalue weighted by molar-refractivity contribution is 9.09. The van der Waals surface area contributed by atoms with Gasteiger partial charge in [-0.3, -0.25) is 0 Å². The highest BCUT2D eigenvalue weighted by Gasteiger charge is 2.19. The first-order valence-electron chi connectivity index (χ1n) is 5.57. The lowest BCUT2D eigenvalue weighted by molar-refractivity contribution is 0.882. The molecule has 0 aromatic carbocycles. The van der Waals surface area contributed by atoms with E-state index < -0.39 is 0 Å². The number of fused-ring (bicyclic) bond motifs is 1. The van der Waals surface area contributed by atoms with E-state index in [1.165, 1.54) is 24.1 Å². The maximum atomic E-state index is 4.26. The molecule has 0 fully saturated rings. The lowest BCUT2D eigenvalue weighted by atomic mass is 10.2. The number of nitrogens with zero attached hydrogens (tertiary/aromatic N) is 1. The Morgan fingerprint density at radius 3 is 3.19 bits per heavy atom. The van der Waals surface area contributed by atoms with Gasteiger partial charge in [-0.15, -0.1) is 11.3 Å². The van der Waals surface area contributed by atoms with Crippen molar-refractivity contribution in [2.75, 3.05) is 0 Å². The van der Waals surface area contributed by atoms with E-state index in [0.717, 1.165) is 12.2 Å². The summed E-state index contributed by atoms with van der Waals surface area (Å²) < 4.78 is 0. The Balaban J connectivity index is 1.76. The van der Waals surface area contributed by atoms with Gasteiger partial charge in [-0.1, -0.05) is 15.9 Å². The third-order valence-electron chi connectivity index (χ3n) is 3.00. The van der Waals surface area contributed by atoms with Crippen molar-refractivity contribution in [3.63, 3.8) is 0 Å². The molecule has 2 aromatic rings. The standard InChI is InChI=1S/C12H13BrN2S/c13-9(7-12-14-4-5-15-12)11-6-8-2-1-3-10(8)16-11/h4-6,9H,1-3,7H2,(H,14,15). The molecule has 1 aliphatic carbocycles. The number of hydrogen-bond acceptors (Lipinski definition) is 2. The van der Waals surface area contributed by atoms with Crippen LogP contribution in [0.25, 0.3) is 0 Å². The van der Waals surface area contributed by atoms with E-state index in [9.17, 15) is 0 Å². The zero-order valence-corrected chi connectivity index (χ0v) is 11.3. The number of nitrogens with one attached hydrogen (secondary N) is 1. The molecule has 0 radical (unpaired) electrons. The summed E-state index contributed by atoms with van der Waals surface area (Å²) >= 11 is 5.72. The molecular formula is C12H13BrN2S. The third kappa shape index (κ3) is 1.96. The van der Waals surface area contributed by atoms with E-state index >= 15 is 0 Å². The van der Waals surface area contributed by atoms with Gasteiger partial charge in [0.05, 0.1) is 4.83 Å². The van der Waals surface area contributed by atoms with Crippen molar-refractivity contribution >= 4 is 27.3 Å². The minimum Gasteiger partial charge on any atom is -0.349 e. The quantitative estimate of drug-likeness (QED) is 0.861. The second-order valence-electron chi connectivity index (χ2n) is 4.16. The number of aryl methyl sites for hydroxylation is 2. The topological polar surface area (TPSA) is 28.7 Å². The largest absolute Gasteiger partial charge is 0.349 e. The molecule has 1 atom stereocenters. The Hall–Kier alpha value is -0.610. The van der Waals surface area contributed by atoms with Gasteiger partial charge in [-0.2, -0.15) is 0 Å². The number of rotatable bonds is 3. The summed E-state index contributed by atoms with van der Waals surface area (Å²) in [5.74, 6) is 1.05. The van der Waals surface area contributed by atoms with Crippen LogP contribution in [0.2, 0.25) is 0 Å². The van der Waals surface area contributed by atoms with Crippen LogP contribution < -0.4 is 0 Å². The molecule has 0 amide bonds. The average Bonchev–Trinajstić information content (AvgIpc) is 2.91. The molecule has 16 heavy (non-hydrogen) atoms. The number of H-pyrrole nitrogens is 1. The van der Waals surface area contributed by atoms with Crippen molar-refractivity contribution in [3.8, 4) is 0 Å². The van der Waals surface area contributed by atoms with Crippen LogP contribution in [0, 0.1) is 0 Å². The minimum absolute atomic E-state index is 0.397. The molecule has 2 heterocycles. The fourth-order valence-electron chi connectivity index (χ4n) is 2.19. The van der Waals surface area contributed by atoms with E-state index in [2.05, 4.69) is 32.0 Å². The number of thiophene rings is 1. The normalized spacial score (nSPS) is 16.3. The zero-order valence-electron chi connectivity index (χ0n) is 8.87. The number of aromatic nitrogens is 2. The van der Waals surface area contributed by atoms with Crippen LogP contribution in [-0.2, 0) is 19.3 Å². The van der Waals surface area contributed by atoms with Crippen LogP contribution in [0.15, 0.2) is 18.5 Å². The number of aromatic amines is 1. The number of halogens is 1. The summed E-state index contributed by atoms with van der Waals surface area (Å²) in [5.41, 5.74) is 1.57. The molecule has 0 aliphatic heterocycles. The summed E-state index contributed by atoms with van der Waals surface area (Å²) in [6.07, 6.45) is 8.51. The molecule has 0 spiro atoms. The Morgan fingerprint density at radius 1 is 1.50 bits per heavy atom. The van der Waals surface area contributed by atoms with Crippen molar-refractivity contribution in [2.24, 2.45) is 0 Å². The van der Waals surface area contributed by atoms with Crippen molar-refractivity contribution < 1.29 is 0 Å². The van der Waals surface area contributed by atoms with Gasteiger partial charge in [0.15, 0.2) is 0 Å². The Morgan fingerprint density at radius 2 is 2.44 bits per heavy atom. The SMILES string of the molecule is BrC(Cc1ncc[nH]1)c1cc2c(s1)CCC2. The van der Waals surface area contributed by atoms with Crippen LogP contribution in [0.3, 0.4) is 0 Å². The van der Waals surface area contributed by atoms with Gasteiger partial charge >= 0.3 is 0 Å². The predicted octanol–water partition coefficient (Wildman–Crippen LogP) is 3.64. The fraction of sp³-hybridized carbons (Fsp3) is 0.417. The number of hydrogen-bond donors (Lipinski definition) is 1. The van der Waals surface area contributed by atoms with E-state index in [0.29, 0.717) is 4.83 Å². The predicted molar refractivity (Wildman–Crippen MR) is 70.3 cm³/mol. The summed E-state index contributed by atoms with van der Waals surface area (Å²) in [6, 6.07) is 2.37. The van der Waals surface area contributed by atoms with Crippen LogP contribution in [0.5, 0.6) is 0 Å². The lowest BCUT2D eigenvalue weighted by Crippen LogP contribution is -1.95. The first kappa shape index (κ1) is 10.5. The highest BCUT2D eigenvalue weighted by atomic mass is 79.9. The van der Waals surface area contributed by atoms with Gasteiger partial charge < -0.3 is 4.98 Å². The van der Waals surface area contributed by atoms with Gasteiger partial charge in [0.2, 0.25) is 0 Å². The van der Waals surface area contributed by atoms with Gasteiger partial charge in [0.1, 0.15) is 5.82 Å². The monoisotopic (exact) mass is 296 g/mol. The van der Waals surface area contributed by atoms with Crippen LogP contribution in [0.1, 0.15) is 32.4 Å². The van der Waals surface area contributed by atoms with Gasteiger partial charge in [0, 0.05) is 28.6 Å². The molecule has 1 aliphatic rings. The summed E-state index contributed by atoms with van der Waals surface area (Å²) in [6.45, 7) is 0. The highest BCUT2D eigenvalue weighted by Crippen LogP contribution is 2.37. The second kappa shape index (κ2) is 4.34. The Kier molecular flexibility index (Phi) is 2.86. The minimum atomic E-state index is 0.397. The van der Waals surface area contributed by atoms with E-state index in [4.69, 9.17) is 0 Å². The van der Waals surface area contributed by atoms with Crippen molar-refractivity contribution in [2.45, 2.75) is 30.5 Å². The zero-order chi connectivity index (χ0) is 11.0.